The predicted octanol–water partition coefficient (Wildman–Crippen LogP) is 3.84. The minimum Gasteiger partial charge on any atom is -0.373 e. The normalized spacial score (nSPS) is 17.5. The summed E-state index contributed by atoms with van der Waals surface area (Å²) in [5, 5.41) is 3.00. The Morgan fingerprint density at radius 1 is 1.17 bits per heavy atom. The van der Waals surface area contributed by atoms with E-state index in [4.69, 9.17) is 11.6 Å². The molecule has 2 aromatic carbocycles. The molecule has 0 saturated carbocycles. The van der Waals surface area contributed by atoms with Crippen molar-refractivity contribution in [3.63, 3.8) is 0 Å². The van der Waals surface area contributed by atoms with Crippen molar-refractivity contribution < 1.29 is 14.0 Å². The standard InChI is InChI=1S/C18H16ClFN2O2/c1-10-3-6-15(11(2)7-10)21-16-9-17(23)22(18(16)24)12-4-5-14(20)13(19)8-12/h3-8,16,21H,9H2,1-2H3/t16-/m1/s1. The summed E-state index contributed by atoms with van der Waals surface area (Å²) in [4.78, 5) is 25.9. The van der Waals surface area contributed by atoms with Crippen LogP contribution in [0.15, 0.2) is 36.4 Å². The average molecular weight is 347 g/mol. The van der Waals surface area contributed by atoms with E-state index in [1.165, 1.54) is 12.1 Å². The summed E-state index contributed by atoms with van der Waals surface area (Å²) < 4.78 is 13.3. The van der Waals surface area contributed by atoms with Crippen LogP contribution in [0, 0.1) is 19.7 Å². The maximum absolute atomic E-state index is 13.3. The van der Waals surface area contributed by atoms with Crippen molar-refractivity contribution in [3.05, 3.63) is 58.4 Å². The van der Waals surface area contributed by atoms with Gasteiger partial charge in [0, 0.05) is 5.69 Å². The number of imide groups is 1. The highest BCUT2D eigenvalue weighted by atomic mass is 35.5. The van der Waals surface area contributed by atoms with E-state index in [2.05, 4.69) is 5.32 Å². The first kappa shape index (κ1) is 16.5. The van der Waals surface area contributed by atoms with Gasteiger partial charge in [0.25, 0.3) is 5.91 Å². The molecule has 1 fully saturated rings. The average Bonchev–Trinajstić information content (AvgIpc) is 2.79. The summed E-state index contributed by atoms with van der Waals surface area (Å²) in [5.41, 5.74) is 3.21. The van der Waals surface area contributed by atoms with E-state index < -0.39 is 11.9 Å². The number of anilines is 2. The van der Waals surface area contributed by atoms with Crippen LogP contribution in [0.2, 0.25) is 5.02 Å². The lowest BCUT2D eigenvalue weighted by molar-refractivity contribution is -0.121. The second-order valence-corrected chi connectivity index (χ2v) is 6.29. The van der Waals surface area contributed by atoms with Gasteiger partial charge in [-0.15, -0.1) is 0 Å². The number of aryl methyl sites for hydroxylation is 2. The van der Waals surface area contributed by atoms with Crippen molar-refractivity contribution in [1.82, 2.24) is 0 Å². The zero-order valence-corrected chi connectivity index (χ0v) is 14.0. The minimum atomic E-state index is -0.650. The minimum absolute atomic E-state index is 0.0428. The molecule has 124 valence electrons. The van der Waals surface area contributed by atoms with Crippen molar-refractivity contribution in [2.45, 2.75) is 26.3 Å². The lowest BCUT2D eigenvalue weighted by Crippen LogP contribution is -2.35. The first-order chi connectivity index (χ1) is 11.4. The molecule has 1 saturated heterocycles. The number of nitrogens with one attached hydrogen (secondary N) is 1. The van der Waals surface area contributed by atoms with Crippen LogP contribution in [0.4, 0.5) is 15.8 Å². The Labute approximate surface area is 144 Å². The number of carbonyl (C=O) groups excluding carboxylic acids is 2. The Kier molecular flexibility index (Phi) is 4.28. The first-order valence-corrected chi connectivity index (χ1v) is 7.90. The van der Waals surface area contributed by atoms with E-state index in [0.717, 1.165) is 27.8 Å². The monoisotopic (exact) mass is 346 g/mol. The van der Waals surface area contributed by atoms with Crippen molar-refractivity contribution in [2.75, 3.05) is 10.2 Å². The number of amides is 2. The summed E-state index contributed by atoms with van der Waals surface area (Å²) >= 11 is 5.75. The Morgan fingerprint density at radius 2 is 1.92 bits per heavy atom. The quantitative estimate of drug-likeness (QED) is 0.859. The SMILES string of the molecule is Cc1ccc(N[C@@H]2CC(=O)N(c3ccc(F)c(Cl)c3)C2=O)c(C)c1. The van der Waals surface area contributed by atoms with Gasteiger partial charge in [0.2, 0.25) is 5.91 Å². The van der Waals surface area contributed by atoms with E-state index in [1.54, 1.807) is 0 Å². The van der Waals surface area contributed by atoms with Crippen molar-refractivity contribution >= 4 is 34.8 Å². The second kappa shape index (κ2) is 6.24. The van der Waals surface area contributed by atoms with Crippen LogP contribution in [-0.4, -0.2) is 17.9 Å². The predicted molar refractivity (Wildman–Crippen MR) is 91.8 cm³/mol. The molecule has 24 heavy (non-hydrogen) atoms. The molecular weight excluding hydrogens is 331 g/mol. The van der Waals surface area contributed by atoms with Gasteiger partial charge < -0.3 is 5.32 Å². The van der Waals surface area contributed by atoms with Crippen LogP contribution < -0.4 is 10.2 Å². The molecule has 0 aromatic heterocycles. The smallest absolute Gasteiger partial charge is 0.256 e. The molecule has 0 unspecified atom stereocenters. The van der Waals surface area contributed by atoms with E-state index in [9.17, 15) is 14.0 Å². The van der Waals surface area contributed by atoms with Crippen molar-refractivity contribution in [3.8, 4) is 0 Å². The van der Waals surface area contributed by atoms with Gasteiger partial charge in [0.05, 0.1) is 17.1 Å². The van der Waals surface area contributed by atoms with E-state index in [1.807, 2.05) is 32.0 Å². The van der Waals surface area contributed by atoms with Crippen LogP contribution in [0.3, 0.4) is 0 Å². The zero-order valence-electron chi connectivity index (χ0n) is 13.3. The van der Waals surface area contributed by atoms with Crippen molar-refractivity contribution in [1.29, 1.82) is 0 Å². The Balaban J connectivity index is 1.84. The first-order valence-electron chi connectivity index (χ1n) is 7.52. The molecule has 0 spiro atoms. The number of carbonyl (C=O) groups is 2. The number of rotatable bonds is 3. The second-order valence-electron chi connectivity index (χ2n) is 5.89. The molecular formula is C18H16ClFN2O2. The highest BCUT2D eigenvalue weighted by Crippen LogP contribution is 2.29. The number of benzene rings is 2. The third-order valence-corrected chi connectivity index (χ3v) is 4.31. The molecule has 1 heterocycles. The van der Waals surface area contributed by atoms with Crippen LogP contribution in [0.25, 0.3) is 0 Å². The number of hydrogen-bond donors (Lipinski definition) is 1. The van der Waals surface area contributed by atoms with E-state index in [-0.39, 0.29) is 28.9 Å². The lowest BCUT2D eigenvalue weighted by atomic mass is 10.1. The molecule has 2 aromatic rings. The van der Waals surface area contributed by atoms with Gasteiger partial charge >= 0.3 is 0 Å². The highest BCUT2D eigenvalue weighted by molar-refractivity contribution is 6.31. The molecule has 6 heteroatoms. The molecule has 1 N–H and O–H groups in total. The molecule has 0 radical (unpaired) electrons. The molecule has 2 amide bonds. The molecule has 3 rings (SSSR count). The van der Waals surface area contributed by atoms with E-state index in [0.29, 0.717) is 0 Å². The number of halogens is 2. The zero-order chi connectivity index (χ0) is 17.4. The summed E-state index contributed by atoms with van der Waals surface area (Å²) in [6, 6.07) is 8.98. The Hall–Kier alpha value is -2.40. The maximum atomic E-state index is 13.3. The third-order valence-electron chi connectivity index (χ3n) is 4.02. The summed E-state index contributed by atoms with van der Waals surface area (Å²) in [6.07, 6.45) is 0.0428. The molecule has 0 bridgehead atoms. The topological polar surface area (TPSA) is 49.4 Å². The molecule has 4 nitrogen and oxygen atoms in total. The molecule has 1 aliphatic heterocycles. The summed E-state index contributed by atoms with van der Waals surface area (Å²) in [7, 11) is 0. The summed E-state index contributed by atoms with van der Waals surface area (Å²) in [6.45, 7) is 3.93. The van der Waals surface area contributed by atoms with Gasteiger partial charge in [0.15, 0.2) is 0 Å². The largest absolute Gasteiger partial charge is 0.373 e. The van der Waals surface area contributed by atoms with Crippen LogP contribution >= 0.6 is 11.6 Å². The van der Waals surface area contributed by atoms with Crippen LogP contribution in [-0.2, 0) is 9.59 Å². The van der Waals surface area contributed by atoms with E-state index >= 15 is 0 Å². The number of nitrogens with zero attached hydrogens (tertiary/aromatic N) is 1. The summed E-state index contributed by atoms with van der Waals surface area (Å²) in [5.74, 6) is -1.31. The van der Waals surface area contributed by atoms with Gasteiger partial charge in [-0.1, -0.05) is 29.3 Å². The fourth-order valence-corrected chi connectivity index (χ4v) is 2.98. The third kappa shape index (κ3) is 2.99. The Morgan fingerprint density at radius 3 is 2.58 bits per heavy atom. The van der Waals surface area contributed by atoms with Crippen molar-refractivity contribution in [2.24, 2.45) is 0 Å². The van der Waals surface area contributed by atoms with Gasteiger partial charge in [-0.25, -0.2) is 9.29 Å². The molecule has 0 aliphatic carbocycles. The van der Waals surface area contributed by atoms with Gasteiger partial charge in [-0.2, -0.15) is 0 Å². The highest BCUT2D eigenvalue weighted by Gasteiger charge is 2.39. The van der Waals surface area contributed by atoms with Crippen LogP contribution in [0.5, 0.6) is 0 Å². The molecule has 1 aliphatic rings. The lowest BCUT2D eigenvalue weighted by Gasteiger charge is -2.17. The molecule has 1 atom stereocenters. The fraction of sp³-hybridized carbons (Fsp3) is 0.222. The van der Waals surface area contributed by atoms with Gasteiger partial charge in [-0.3, -0.25) is 9.59 Å². The van der Waals surface area contributed by atoms with Gasteiger partial charge in [-0.05, 0) is 43.7 Å². The van der Waals surface area contributed by atoms with Crippen LogP contribution in [0.1, 0.15) is 17.5 Å². The number of hydrogen-bond acceptors (Lipinski definition) is 3. The maximum Gasteiger partial charge on any atom is 0.256 e. The fourth-order valence-electron chi connectivity index (χ4n) is 2.80. The van der Waals surface area contributed by atoms with Gasteiger partial charge in [0.1, 0.15) is 11.9 Å². The Bertz CT molecular complexity index is 838.